The first kappa shape index (κ1) is 11.4. The fraction of sp³-hybridized carbons (Fsp3) is 1.00. The van der Waals surface area contributed by atoms with Crippen LogP contribution in [0.2, 0.25) is 11.1 Å². The van der Waals surface area contributed by atoms with E-state index in [2.05, 4.69) is 12.7 Å². The third-order valence-electron chi connectivity index (χ3n) is 0.577. The van der Waals surface area contributed by atoms with Gasteiger partial charge in [0, 0.05) is 0 Å². The smallest absolute Gasteiger partial charge is 0.310 e. The molecule has 0 bridgehead atoms. The molecule has 4 heteroatoms. The molecule has 0 saturated carbocycles. The Morgan fingerprint density at radius 3 is 2.12 bits per heavy atom. The van der Waals surface area contributed by atoms with Gasteiger partial charge in [-0.1, -0.05) is 0 Å². The van der Waals surface area contributed by atoms with E-state index in [1.54, 1.807) is 0 Å². The van der Waals surface area contributed by atoms with Crippen LogP contribution in [0.1, 0.15) is 13.3 Å². The van der Waals surface area contributed by atoms with Crippen molar-refractivity contribution in [2.45, 2.75) is 24.4 Å². The van der Waals surface area contributed by atoms with E-state index in [0.29, 0.717) is 0 Å². The quantitative estimate of drug-likeness (QED) is 0.479. The zero-order valence-electron chi connectivity index (χ0n) is 5.29. The Morgan fingerprint density at radius 1 is 1.75 bits per heavy atom. The van der Waals surface area contributed by atoms with Gasteiger partial charge in [-0.2, -0.15) is 0 Å². The first-order chi connectivity index (χ1) is 3.83. The van der Waals surface area contributed by atoms with Crippen molar-refractivity contribution in [1.29, 1.82) is 0 Å². The number of hydrogen-bond acceptors (Lipinski definition) is 1. The van der Waals surface area contributed by atoms with Gasteiger partial charge >= 0.3 is 48.3 Å². The molecule has 0 rings (SSSR count). The van der Waals surface area contributed by atoms with E-state index in [9.17, 15) is 0 Å². The molecule has 0 aliphatic heterocycles. The molecule has 0 aliphatic carbocycles. The van der Waals surface area contributed by atoms with Gasteiger partial charge in [-0.15, -0.1) is 0 Å². The van der Waals surface area contributed by atoms with Crippen molar-refractivity contribution >= 4 is 23.9 Å². The van der Waals surface area contributed by atoms with Crippen LogP contribution < -0.4 is 0 Å². The molecule has 0 heterocycles. The van der Waals surface area contributed by atoms with Gasteiger partial charge in [0.05, 0.1) is 0 Å². The van der Waals surface area contributed by atoms with Crippen molar-refractivity contribution in [1.82, 2.24) is 0 Å². The van der Waals surface area contributed by atoms with Crippen molar-refractivity contribution in [2.24, 2.45) is 0 Å². The molecule has 0 aromatic carbocycles. The summed E-state index contributed by atoms with van der Waals surface area (Å²) in [4.78, 5) is 6.99. The fourth-order valence-corrected chi connectivity index (χ4v) is 0.866. The molecule has 1 N–H and O–H groups in total. The summed E-state index contributed by atoms with van der Waals surface area (Å²) in [6.45, 7) is 2.23. The van der Waals surface area contributed by atoms with Crippen molar-refractivity contribution in [2.75, 3.05) is 0 Å². The van der Waals surface area contributed by atoms with E-state index >= 15 is 0 Å². The summed E-state index contributed by atoms with van der Waals surface area (Å²) < 4.78 is 8.46. The van der Waals surface area contributed by atoms with Gasteiger partial charge in [-0.25, -0.2) is 4.57 Å². The molecule has 2 nitrogen and oxygen atoms in total. The minimum Gasteiger partial charge on any atom is -0.310 e. The second-order valence-corrected chi connectivity index (χ2v) is 2.84. The first-order valence-corrected chi connectivity index (χ1v) is 5.31. The third-order valence-corrected chi connectivity index (χ3v) is 1.73. The summed E-state index contributed by atoms with van der Waals surface area (Å²) in [5.74, 6) is 2.30. The largest absolute Gasteiger partial charge is 0.324 e. The summed E-state index contributed by atoms with van der Waals surface area (Å²) in [7, 11) is -0.833. The van der Waals surface area contributed by atoms with E-state index in [0.717, 1.165) is 15.2 Å². The van der Waals surface area contributed by atoms with Gasteiger partial charge in [0.25, 0.3) is 0 Å². The van der Waals surface area contributed by atoms with Crippen molar-refractivity contribution in [3.63, 3.8) is 0 Å². The van der Waals surface area contributed by atoms with Crippen LogP contribution in [-0.4, -0.2) is 20.1 Å². The second kappa shape index (κ2) is 15.6. The van der Waals surface area contributed by atoms with Gasteiger partial charge in [0.1, 0.15) is 0 Å². The monoisotopic (exact) mass is 149 g/mol. The van der Waals surface area contributed by atoms with Crippen LogP contribution >= 0.6 is 8.69 Å². The van der Waals surface area contributed by atoms with E-state index in [4.69, 9.17) is 9.46 Å². The Balaban J connectivity index is 0. The van der Waals surface area contributed by atoms with Crippen LogP contribution in [0, 0.1) is 0 Å². The third kappa shape index (κ3) is 30.7. The Morgan fingerprint density at radius 2 is 2.12 bits per heavy atom. The van der Waals surface area contributed by atoms with Crippen LogP contribution in [0.15, 0.2) is 0 Å². The van der Waals surface area contributed by atoms with E-state index in [1.165, 1.54) is 11.7 Å². The molecule has 0 unspecified atom stereocenters. The first-order valence-electron chi connectivity index (χ1n) is 2.58. The minimum atomic E-state index is -0.833. The summed E-state index contributed by atoms with van der Waals surface area (Å²) in [5, 5.41) is 1.47. The normalized spacial score (nSPS) is 6.88. The van der Waals surface area contributed by atoms with Gasteiger partial charge in [0.2, 0.25) is 0 Å². The van der Waals surface area contributed by atoms with Gasteiger partial charge < -0.3 is 4.89 Å². The maximum absolute atomic E-state index is 8.46. The molecular weight excluding hydrogens is 138 g/mol. The Kier molecular flexibility index (Phi) is 22.3. The van der Waals surface area contributed by atoms with Crippen LogP contribution in [0.4, 0.5) is 0 Å². The molecule has 0 aromatic heterocycles. The van der Waals surface area contributed by atoms with Crippen LogP contribution in [0.25, 0.3) is 0 Å². The maximum Gasteiger partial charge on any atom is 0.324 e. The topological polar surface area (TPSA) is 37.3 Å². The number of hydrogen-bond donors (Lipinski definition) is 1. The standard InChI is InChI=1S/C3H7.CH3.Al.HO2P/c1-3-2;;;1-3-2/h1,3H2,2H3;1H3;;(H,1,2)/q;;+1;. The molecule has 0 saturated heterocycles. The molecule has 0 amide bonds. The molecule has 0 spiro atoms. The van der Waals surface area contributed by atoms with Crippen LogP contribution in [0.5, 0.6) is 0 Å². The average molecular weight is 149 g/mol. The van der Waals surface area contributed by atoms with Crippen LogP contribution in [0.3, 0.4) is 0 Å². The Hall–Kier alpha value is 0.592. The molecular formula is C4H11AlO2P+. The van der Waals surface area contributed by atoms with Gasteiger partial charge in [-0.05, 0) is 0 Å². The summed E-state index contributed by atoms with van der Waals surface area (Å²) >= 11 is 0.786. The fourth-order valence-electron chi connectivity index (χ4n) is 0.289. The van der Waals surface area contributed by atoms with Crippen molar-refractivity contribution < 1.29 is 9.46 Å². The van der Waals surface area contributed by atoms with Gasteiger partial charge in [0.15, 0.2) is 0 Å². The summed E-state index contributed by atoms with van der Waals surface area (Å²) in [6.07, 6.45) is 1.38. The maximum atomic E-state index is 8.46. The van der Waals surface area contributed by atoms with E-state index in [1.807, 2.05) is 0 Å². The Labute approximate surface area is 58.3 Å². The SMILES string of the molecule is CC[CH2][Al+][CH3].O=PO. The van der Waals surface area contributed by atoms with E-state index < -0.39 is 8.69 Å². The molecule has 0 atom stereocenters. The molecule has 0 aliphatic rings. The van der Waals surface area contributed by atoms with Crippen molar-refractivity contribution in [3.8, 4) is 0 Å². The zero-order valence-corrected chi connectivity index (χ0v) is 7.34. The molecule has 46 valence electrons. The molecule has 8 heavy (non-hydrogen) atoms. The molecule has 0 radical (unpaired) electrons. The molecule has 0 aromatic rings. The second-order valence-electron chi connectivity index (χ2n) is 1.28. The predicted octanol–water partition coefficient (Wildman–Crippen LogP) is 1.75. The minimum absolute atomic E-state index is 0.786. The summed E-state index contributed by atoms with van der Waals surface area (Å²) in [5.41, 5.74) is 0. The zero-order chi connectivity index (χ0) is 6.83. The van der Waals surface area contributed by atoms with Gasteiger partial charge in [-0.3, -0.25) is 0 Å². The Bertz CT molecular complexity index is 41.0. The number of rotatable bonds is 2. The van der Waals surface area contributed by atoms with Crippen LogP contribution in [-0.2, 0) is 4.57 Å². The molecule has 0 fully saturated rings. The average Bonchev–Trinajstić information content (AvgIpc) is 1.71. The summed E-state index contributed by atoms with van der Waals surface area (Å²) in [6, 6.07) is 0. The van der Waals surface area contributed by atoms with E-state index in [-0.39, 0.29) is 0 Å². The van der Waals surface area contributed by atoms with Crippen molar-refractivity contribution in [3.05, 3.63) is 0 Å². The predicted molar refractivity (Wildman–Crippen MR) is 36.5 cm³/mol.